The molecule has 0 saturated heterocycles. The Morgan fingerprint density at radius 3 is 2.76 bits per heavy atom. The summed E-state index contributed by atoms with van der Waals surface area (Å²) < 4.78 is 0. The van der Waals surface area contributed by atoms with Gasteiger partial charge in [0.1, 0.15) is 0 Å². The number of fused-ring (bicyclic) bond motifs is 4. The molecule has 0 aromatic carbocycles. The fourth-order valence-electron chi connectivity index (χ4n) is 4.97. The zero-order chi connectivity index (χ0) is 11.4. The predicted octanol–water partition coefficient (Wildman–Crippen LogP) is 4.87. The molecule has 92 valence electrons. The molecular formula is C17H24. The molecule has 0 aromatic heterocycles. The monoisotopic (exact) mass is 228 g/mol. The Labute approximate surface area is 105 Å². The van der Waals surface area contributed by atoms with Gasteiger partial charge in [-0.25, -0.2) is 0 Å². The molecule has 4 unspecified atom stereocenters. The molecule has 0 heteroatoms. The van der Waals surface area contributed by atoms with Crippen molar-refractivity contribution in [3.8, 4) is 0 Å². The van der Waals surface area contributed by atoms with Crippen LogP contribution in [0.15, 0.2) is 22.8 Å². The molecule has 17 heavy (non-hydrogen) atoms. The van der Waals surface area contributed by atoms with Gasteiger partial charge in [-0.05, 0) is 62.7 Å². The third kappa shape index (κ3) is 1.49. The van der Waals surface area contributed by atoms with Crippen molar-refractivity contribution in [3.05, 3.63) is 22.8 Å². The van der Waals surface area contributed by atoms with Crippen LogP contribution in [0.5, 0.6) is 0 Å². The second kappa shape index (κ2) is 3.73. The maximum Gasteiger partial charge on any atom is -0.0103 e. The number of rotatable bonds is 0. The van der Waals surface area contributed by atoms with Crippen LogP contribution in [0.1, 0.15) is 58.3 Å². The Kier molecular flexibility index (Phi) is 2.29. The molecule has 4 atom stereocenters. The van der Waals surface area contributed by atoms with Gasteiger partial charge in [-0.3, -0.25) is 0 Å². The fraction of sp³-hybridized carbons (Fsp3) is 0.765. The largest absolute Gasteiger partial charge is 0.0878 e. The molecule has 2 fully saturated rings. The summed E-state index contributed by atoms with van der Waals surface area (Å²) in [5.41, 5.74) is 5.59. The van der Waals surface area contributed by atoms with Crippen molar-refractivity contribution in [1.82, 2.24) is 0 Å². The molecule has 0 bridgehead atoms. The van der Waals surface area contributed by atoms with Crippen LogP contribution in [0.3, 0.4) is 0 Å². The van der Waals surface area contributed by atoms with Crippen LogP contribution in [0, 0.1) is 23.7 Å². The van der Waals surface area contributed by atoms with E-state index < -0.39 is 0 Å². The third-order valence-corrected chi connectivity index (χ3v) is 6.03. The maximum atomic E-state index is 2.47. The van der Waals surface area contributed by atoms with Crippen LogP contribution in [0.4, 0.5) is 0 Å². The average molecular weight is 228 g/mol. The van der Waals surface area contributed by atoms with Gasteiger partial charge in [-0.2, -0.15) is 0 Å². The zero-order valence-corrected chi connectivity index (χ0v) is 11.0. The Bertz CT molecular complexity index is 398. The lowest BCUT2D eigenvalue weighted by Gasteiger charge is -2.44. The van der Waals surface area contributed by atoms with Gasteiger partial charge in [0.25, 0.3) is 0 Å². The van der Waals surface area contributed by atoms with Gasteiger partial charge in [0.05, 0.1) is 0 Å². The molecule has 4 aliphatic carbocycles. The van der Waals surface area contributed by atoms with E-state index in [0.717, 1.165) is 23.7 Å². The van der Waals surface area contributed by atoms with Crippen LogP contribution in [0.2, 0.25) is 0 Å². The van der Waals surface area contributed by atoms with Crippen LogP contribution >= 0.6 is 0 Å². The highest BCUT2D eigenvalue weighted by molar-refractivity contribution is 5.39. The van der Waals surface area contributed by atoms with Crippen molar-refractivity contribution in [2.24, 2.45) is 23.7 Å². The Morgan fingerprint density at radius 1 is 1.12 bits per heavy atom. The van der Waals surface area contributed by atoms with Gasteiger partial charge in [0.15, 0.2) is 0 Å². The number of allylic oxidation sites excluding steroid dienone is 4. The lowest BCUT2D eigenvalue weighted by Crippen LogP contribution is -2.31. The molecule has 0 amide bonds. The number of hydrogen-bond donors (Lipinski definition) is 0. The summed E-state index contributed by atoms with van der Waals surface area (Å²) in [7, 11) is 0. The van der Waals surface area contributed by atoms with Gasteiger partial charge in [-0.1, -0.05) is 42.1 Å². The van der Waals surface area contributed by atoms with E-state index in [-0.39, 0.29) is 0 Å². The third-order valence-electron chi connectivity index (χ3n) is 6.03. The van der Waals surface area contributed by atoms with Crippen LogP contribution in [-0.2, 0) is 0 Å². The maximum absolute atomic E-state index is 2.47. The fourth-order valence-corrected chi connectivity index (χ4v) is 4.97. The van der Waals surface area contributed by atoms with Gasteiger partial charge < -0.3 is 0 Å². The summed E-state index contributed by atoms with van der Waals surface area (Å²) in [5.74, 6) is 4.15. The molecular weight excluding hydrogens is 204 g/mol. The average Bonchev–Trinajstić information content (AvgIpc) is 3.02. The lowest BCUT2D eigenvalue weighted by molar-refractivity contribution is 0.280. The topological polar surface area (TPSA) is 0 Å². The summed E-state index contributed by atoms with van der Waals surface area (Å²) in [6.07, 6.45) is 14.3. The molecule has 0 radical (unpaired) electrons. The van der Waals surface area contributed by atoms with Crippen molar-refractivity contribution in [1.29, 1.82) is 0 Å². The number of hydrogen-bond acceptors (Lipinski definition) is 0. The molecule has 0 nitrogen and oxygen atoms in total. The Balaban J connectivity index is 1.72. The van der Waals surface area contributed by atoms with Crippen molar-refractivity contribution < 1.29 is 0 Å². The summed E-state index contributed by atoms with van der Waals surface area (Å²) in [5, 5.41) is 0. The minimum atomic E-state index is 0.976. The van der Waals surface area contributed by atoms with E-state index >= 15 is 0 Å². The van der Waals surface area contributed by atoms with Crippen molar-refractivity contribution in [2.45, 2.75) is 58.3 Å². The lowest BCUT2D eigenvalue weighted by atomic mass is 9.61. The van der Waals surface area contributed by atoms with Crippen molar-refractivity contribution in [2.75, 3.05) is 0 Å². The Hall–Kier alpha value is -0.520. The normalized spacial score (nSPS) is 46.3. The van der Waals surface area contributed by atoms with Gasteiger partial charge >= 0.3 is 0 Å². The van der Waals surface area contributed by atoms with E-state index in [1.807, 2.05) is 16.7 Å². The molecule has 4 aliphatic rings. The molecule has 0 aliphatic heterocycles. The zero-order valence-electron chi connectivity index (χ0n) is 11.0. The summed E-state index contributed by atoms with van der Waals surface area (Å²) in [6, 6.07) is 0. The molecule has 0 N–H and O–H groups in total. The first-order valence-corrected chi connectivity index (χ1v) is 7.74. The smallest absolute Gasteiger partial charge is 0.0103 e. The van der Waals surface area contributed by atoms with Crippen LogP contribution in [-0.4, -0.2) is 0 Å². The van der Waals surface area contributed by atoms with E-state index in [1.54, 1.807) is 6.42 Å². The molecule has 4 rings (SSSR count). The second-order valence-electron chi connectivity index (χ2n) is 6.75. The minimum Gasteiger partial charge on any atom is -0.0878 e. The predicted molar refractivity (Wildman–Crippen MR) is 71.7 cm³/mol. The van der Waals surface area contributed by atoms with Crippen molar-refractivity contribution >= 4 is 0 Å². The first-order valence-electron chi connectivity index (χ1n) is 7.74. The molecule has 0 spiro atoms. The van der Waals surface area contributed by atoms with E-state index in [2.05, 4.69) is 13.0 Å². The second-order valence-corrected chi connectivity index (χ2v) is 6.75. The first kappa shape index (κ1) is 10.4. The SMILES string of the molecule is C/C=C1/CC2=C(CC2)C2CCCCC3CC3C12. The minimum absolute atomic E-state index is 0.976. The van der Waals surface area contributed by atoms with Crippen LogP contribution < -0.4 is 0 Å². The summed E-state index contributed by atoms with van der Waals surface area (Å²) in [6.45, 7) is 2.28. The standard InChI is InChI=1S/C17H24/c1-2-11-9-13-7-8-14(13)15-6-4-3-5-12-10-16(12)17(11)15/h2,12,15-17H,3-10H2,1H3/b11-2-. The van der Waals surface area contributed by atoms with E-state index in [0.29, 0.717) is 0 Å². The van der Waals surface area contributed by atoms with E-state index in [9.17, 15) is 0 Å². The molecule has 0 aromatic rings. The van der Waals surface area contributed by atoms with E-state index in [4.69, 9.17) is 0 Å². The van der Waals surface area contributed by atoms with Crippen molar-refractivity contribution in [3.63, 3.8) is 0 Å². The summed E-state index contributed by atoms with van der Waals surface area (Å²) in [4.78, 5) is 0. The van der Waals surface area contributed by atoms with E-state index in [1.165, 1.54) is 44.9 Å². The van der Waals surface area contributed by atoms with Gasteiger partial charge in [0.2, 0.25) is 0 Å². The highest BCUT2D eigenvalue weighted by Crippen LogP contribution is 2.60. The molecule has 2 saturated carbocycles. The van der Waals surface area contributed by atoms with Gasteiger partial charge in [-0.15, -0.1) is 0 Å². The highest BCUT2D eigenvalue weighted by Gasteiger charge is 2.50. The first-order chi connectivity index (χ1) is 8.38. The van der Waals surface area contributed by atoms with Crippen LogP contribution in [0.25, 0.3) is 0 Å². The highest BCUT2D eigenvalue weighted by atomic mass is 14.5. The summed E-state index contributed by atoms with van der Waals surface area (Å²) >= 11 is 0. The quantitative estimate of drug-likeness (QED) is 0.519. The Morgan fingerprint density at radius 2 is 2.00 bits per heavy atom. The van der Waals surface area contributed by atoms with Gasteiger partial charge in [0, 0.05) is 0 Å². The molecule has 0 heterocycles.